The van der Waals surface area contributed by atoms with E-state index in [2.05, 4.69) is 25.8 Å². The van der Waals surface area contributed by atoms with Crippen molar-refractivity contribution in [3.8, 4) is 0 Å². The highest BCUT2D eigenvalue weighted by molar-refractivity contribution is 7.99. The minimum atomic E-state index is -0.498. The highest BCUT2D eigenvalue weighted by atomic mass is 32.2. The summed E-state index contributed by atoms with van der Waals surface area (Å²) in [5, 5.41) is 15.8. The molecule has 0 spiro atoms. The molecule has 2 aromatic rings. The summed E-state index contributed by atoms with van der Waals surface area (Å²) >= 11 is 2.64. The molecule has 0 aliphatic rings. The van der Waals surface area contributed by atoms with Crippen LogP contribution in [0.5, 0.6) is 0 Å². The molecule has 0 aliphatic heterocycles. The number of carbonyl (C=O) groups excluding carboxylic acids is 2. The second-order valence-electron chi connectivity index (χ2n) is 4.59. The summed E-state index contributed by atoms with van der Waals surface area (Å²) in [6.45, 7) is 4.38. The maximum absolute atomic E-state index is 11.6. The third kappa shape index (κ3) is 5.99. The Labute approximate surface area is 141 Å². The molecule has 10 heteroatoms. The van der Waals surface area contributed by atoms with Gasteiger partial charge < -0.3 is 9.73 Å². The summed E-state index contributed by atoms with van der Waals surface area (Å²) in [5.41, 5.74) is 0.873. The Hall–Kier alpha value is -1.94. The van der Waals surface area contributed by atoms with E-state index in [1.165, 1.54) is 0 Å². The van der Waals surface area contributed by atoms with Crippen LogP contribution in [-0.4, -0.2) is 39.4 Å². The van der Waals surface area contributed by atoms with Gasteiger partial charge >= 0.3 is 6.03 Å². The third-order valence-corrected chi connectivity index (χ3v) is 4.20. The van der Waals surface area contributed by atoms with Crippen LogP contribution >= 0.6 is 23.1 Å². The molecular weight excluding hydrogens is 338 g/mol. The molecular formula is C13H17N5O3S2. The Balaban J connectivity index is 1.76. The molecule has 0 aromatic carbocycles. The zero-order valence-corrected chi connectivity index (χ0v) is 14.4. The summed E-state index contributed by atoms with van der Waals surface area (Å²) in [6, 6.07) is -0.498. The summed E-state index contributed by atoms with van der Waals surface area (Å²) in [5.74, 6) is 0.0501. The van der Waals surface area contributed by atoms with Gasteiger partial charge in [0.15, 0.2) is 0 Å². The maximum atomic E-state index is 11.6. The van der Waals surface area contributed by atoms with Gasteiger partial charge in [-0.25, -0.2) is 9.78 Å². The second kappa shape index (κ2) is 8.63. The van der Waals surface area contributed by atoms with Crippen LogP contribution in [0, 0.1) is 6.92 Å². The molecule has 2 rings (SSSR count). The predicted octanol–water partition coefficient (Wildman–Crippen LogP) is 1.75. The molecule has 2 heterocycles. The first-order valence-electron chi connectivity index (χ1n) is 7.00. The van der Waals surface area contributed by atoms with E-state index in [9.17, 15) is 9.59 Å². The van der Waals surface area contributed by atoms with Crippen LogP contribution in [0.3, 0.4) is 0 Å². The Bertz CT molecular complexity index is 670. The summed E-state index contributed by atoms with van der Waals surface area (Å²) in [6.07, 6.45) is 1.27. The van der Waals surface area contributed by atoms with E-state index in [1.54, 1.807) is 11.3 Å². The van der Waals surface area contributed by atoms with E-state index < -0.39 is 11.9 Å². The number of nitrogens with zero attached hydrogens (tertiary/aromatic N) is 3. The largest absolute Gasteiger partial charge is 0.416 e. The normalized spacial score (nSPS) is 10.5. The number of carbonyl (C=O) groups is 2. The number of imide groups is 1. The fourth-order valence-electron chi connectivity index (χ4n) is 1.59. The highest BCUT2D eigenvalue weighted by Crippen LogP contribution is 2.18. The first kappa shape index (κ1) is 17.4. The lowest BCUT2D eigenvalue weighted by atomic mass is 10.3. The van der Waals surface area contributed by atoms with Gasteiger partial charge in [0.2, 0.25) is 11.8 Å². The number of hydrogen-bond donors (Lipinski definition) is 2. The lowest BCUT2D eigenvalue weighted by Crippen LogP contribution is -2.40. The fraction of sp³-hybridized carbons (Fsp3) is 0.462. The number of aromatic nitrogens is 3. The van der Waals surface area contributed by atoms with Crippen LogP contribution in [0.2, 0.25) is 0 Å². The van der Waals surface area contributed by atoms with Crippen LogP contribution in [-0.2, 0) is 11.2 Å². The molecule has 0 bridgehead atoms. The zero-order valence-electron chi connectivity index (χ0n) is 12.8. The van der Waals surface area contributed by atoms with Crippen molar-refractivity contribution in [3.05, 3.63) is 22.0 Å². The van der Waals surface area contributed by atoms with E-state index >= 15 is 0 Å². The molecule has 0 fully saturated rings. The SMILES string of the molecule is CCCNC(=O)NC(=O)CSc1nnc(Cc2csc(C)n2)o1. The van der Waals surface area contributed by atoms with Crippen molar-refractivity contribution in [1.29, 1.82) is 0 Å². The van der Waals surface area contributed by atoms with Gasteiger partial charge in [0, 0.05) is 11.9 Å². The standard InChI is InChI=1S/C13H17N5O3S2/c1-3-4-14-12(20)16-10(19)7-23-13-18-17-11(21-13)5-9-6-22-8(2)15-9/h6H,3-5,7H2,1-2H3,(H2,14,16,19,20). The van der Waals surface area contributed by atoms with Gasteiger partial charge in [0.05, 0.1) is 22.9 Å². The number of urea groups is 1. The van der Waals surface area contributed by atoms with Gasteiger partial charge in [0.1, 0.15) is 0 Å². The number of nitrogens with one attached hydrogen (secondary N) is 2. The van der Waals surface area contributed by atoms with Crippen molar-refractivity contribution in [2.24, 2.45) is 0 Å². The van der Waals surface area contributed by atoms with Gasteiger partial charge in [-0.15, -0.1) is 21.5 Å². The molecule has 0 aliphatic carbocycles. The Kier molecular flexibility index (Phi) is 6.53. The monoisotopic (exact) mass is 355 g/mol. The highest BCUT2D eigenvalue weighted by Gasteiger charge is 2.12. The number of rotatable bonds is 7. The van der Waals surface area contributed by atoms with E-state index in [0.29, 0.717) is 18.9 Å². The molecule has 0 atom stereocenters. The molecule has 2 aromatic heterocycles. The van der Waals surface area contributed by atoms with Crippen molar-refractivity contribution >= 4 is 35.0 Å². The lowest BCUT2D eigenvalue weighted by Gasteiger charge is -2.03. The van der Waals surface area contributed by atoms with E-state index in [0.717, 1.165) is 28.9 Å². The first-order chi connectivity index (χ1) is 11.1. The summed E-state index contributed by atoms with van der Waals surface area (Å²) in [4.78, 5) is 27.2. The van der Waals surface area contributed by atoms with Gasteiger partial charge in [-0.3, -0.25) is 10.1 Å². The van der Waals surface area contributed by atoms with E-state index in [1.807, 2.05) is 19.2 Å². The van der Waals surface area contributed by atoms with Crippen LogP contribution < -0.4 is 10.6 Å². The molecule has 124 valence electrons. The van der Waals surface area contributed by atoms with Crippen LogP contribution in [0.1, 0.15) is 29.9 Å². The minimum absolute atomic E-state index is 0.0248. The molecule has 0 unspecified atom stereocenters. The molecule has 23 heavy (non-hydrogen) atoms. The van der Waals surface area contributed by atoms with Gasteiger partial charge in [-0.2, -0.15) is 0 Å². The lowest BCUT2D eigenvalue weighted by molar-refractivity contribution is -0.117. The molecule has 0 saturated carbocycles. The predicted molar refractivity (Wildman–Crippen MR) is 86.5 cm³/mol. The minimum Gasteiger partial charge on any atom is -0.416 e. The fourth-order valence-corrected chi connectivity index (χ4v) is 2.78. The average molecular weight is 355 g/mol. The quantitative estimate of drug-likeness (QED) is 0.728. The van der Waals surface area contributed by atoms with E-state index in [4.69, 9.17) is 4.42 Å². The number of amides is 3. The summed E-state index contributed by atoms with van der Waals surface area (Å²) in [7, 11) is 0. The van der Waals surface area contributed by atoms with Crippen molar-refractivity contribution in [2.45, 2.75) is 31.9 Å². The average Bonchev–Trinajstić information content (AvgIpc) is 3.12. The Morgan fingerprint density at radius 2 is 2.22 bits per heavy atom. The third-order valence-electron chi connectivity index (χ3n) is 2.56. The van der Waals surface area contributed by atoms with Crippen molar-refractivity contribution in [2.75, 3.05) is 12.3 Å². The number of thiazole rings is 1. The number of hydrogen-bond acceptors (Lipinski definition) is 8. The second-order valence-corrected chi connectivity index (χ2v) is 6.58. The molecule has 0 radical (unpaired) electrons. The molecule has 3 amide bonds. The van der Waals surface area contributed by atoms with E-state index in [-0.39, 0.29) is 11.0 Å². The van der Waals surface area contributed by atoms with Gasteiger partial charge in [0.25, 0.3) is 5.22 Å². The number of thioether (sulfide) groups is 1. The van der Waals surface area contributed by atoms with Crippen LogP contribution in [0.25, 0.3) is 0 Å². The topological polar surface area (TPSA) is 110 Å². The zero-order chi connectivity index (χ0) is 16.7. The maximum Gasteiger partial charge on any atom is 0.321 e. The van der Waals surface area contributed by atoms with Crippen LogP contribution in [0.4, 0.5) is 4.79 Å². The molecule has 8 nitrogen and oxygen atoms in total. The Morgan fingerprint density at radius 1 is 1.39 bits per heavy atom. The molecule has 2 N–H and O–H groups in total. The van der Waals surface area contributed by atoms with Gasteiger partial charge in [-0.1, -0.05) is 18.7 Å². The van der Waals surface area contributed by atoms with Crippen molar-refractivity contribution in [1.82, 2.24) is 25.8 Å². The smallest absolute Gasteiger partial charge is 0.321 e. The number of aryl methyl sites for hydroxylation is 1. The summed E-state index contributed by atoms with van der Waals surface area (Å²) < 4.78 is 5.44. The van der Waals surface area contributed by atoms with Crippen molar-refractivity contribution in [3.63, 3.8) is 0 Å². The Morgan fingerprint density at radius 3 is 2.91 bits per heavy atom. The van der Waals surface area contributed by atoms with Gasteiger partial charge in [-0.05, 0) is 13.3 Å². The molecule has 0 saturated heterocycles. The van der Waals surface area contributed by atoms with Crippen molar-refractivity contribution < 1.29 is 14.0 Å². The van der Waals surface area contributed by atoms with Crippen LogP contribution in [0.15, 0.2) is 15.0 Å². The first-order valence-corrected chi connectivity index (χ1v) is 8.87.